The van der Waals surface area contributed by atoms with Crippen LogP contribution in [0.15, 0.2) is 24.3 Å². The highest BCUT2D eigenvalue weighted by molar-refractivity contribution is 5.74. The normalized spacial score (nSPS) is 23.9. The second-order valence-electron chi connectivity index (χ2n) is 8.10. The topological polar surface area (TPSA) is 51.3 Å². The fourth-order valence-corrected chi connectivity index (χ4v) is 4.22. The third-order valence-electron chi connectivity index (χ3n) is 6.16. The molecule has 1 N–H and O–H groups in total. The first-order valence-electron chi connectivity index (χ1n) is 10.6. The Morgan fingerprint density at radius 3 is 2.07 bits per heavy atom. The standard InChI is InChI=1S/C21H33N5O2/c1-23-8-10-24(11-9-23)18-4-6-19(7-5-18)25-12-14-26(15-13-25)21(27)22-17-20-3-2-16-28-20/h4-7,20H,2-3,8-17H2,1H3,(H,22,27). The van der Waals surface area contributed by atoms with Crippen molar-refractivity contribution in [2.45, 2.75) is 18.9 Å². The van der Waals surface area contributed by atoms with Gasteiger partial charge in [0.15, 0.2) is 0 Å². The van der Waals surface area contributed by atoms with E-state index in [-0.39, 0.29) is 12.1 Å². The van der Waals surface area contributed by atoms with E-state index in [2.05, 4.69) is 51.3 Å². The number of anilines is 2. The molecule has 3 heterocycles. The molecule has 1 atom stereocenters. The number of ether oxygens (including phenoxy) is 1. The Labute approximate surface area is 168 Å². The first-order valence-corrected chi connectivity index (χ1v) is 10.6. The van der Waals surface area contributed by atoms with Crippen LogP contribution in [0, 0.1) is 0 Å². The molecule has 1 aromatic carbocycles. The largest absolute Gasteiger partial charge is 0.376 e. The first kappa shape index (κ1) is 19.3. The van der Waals surface area contributed by atoms with E-state index in [1.165, 1.54) is 11.4 Å². The predicted molar refractivity (Wildman–Crippen MR) is 112 cm³/mol. The second kappa shape index (κ2) is 9.01. The van der Waals surface area contributed by atoms with Gasteiger partial charge in [0.05, 0.1) is 6.10 Å². The molecule has 3 aliphatic rings. The summed E-state index contributed by atoms with van der Waals surface area (Å²) in [6.45, 7) is 9.17. The molecule has 3 saturated heterocycles. The van der Waals surface area contributed by atoms with Crippen LogP contribution in [0.1, 0.15) is 12.8 Å². The Balaban J connectivity index is 1.23. The van der Waals surface area contributed by atoms with Crippen molar-refractivity contribution in [2.75, 3.05) is 82.4 Å². The molecule has 1 unspecified atom stereocenters. The van der Waals surface area contributed by atoms with Crippen molar-refractivity contribution in [1.82, 2.24) is 15.1 Å². The fourth-order valence-electron chi connectivity index (χ4n) is 4.22. The third kappa shape index (κ3) is 4.70. The van der Waals surface area contributed by atoms with Crippen LogP contribution < -0.4 is 15.1 Å². The quantitative estimate of drug-likeness (QED) is 0.848. The molecule has 7 nitrogen and oxygen atoms in total. The number of nitrogens with zero attached hydrogens (tertiary/aromatic N) is 4. The molecule has 0 spiro atoms. The average Bonchev–Trinajstić information content (AvgIpc) is 3.27. The molecule has 0 aromatic heterocycles. The highest BCUT2D eigenvalue weighted by Crippen LogP contribution is 2.23. The number of carbonyl (C=O) groups excluding carboxylic acids is 1. The SMILES string of the molecule is CN1CCN(c2ccc(N3CCN(C(=O)NCC4CCCO4)CC3)cc2)CC1. The number of piperazine rings is 2. The molecule has 0 aliphatic carbocycles. The zero-order valence-corrected chi connectivity index (χ0v) is 17.0. The first-order chi connectivity index (χ1) is 13.7. The van der Waals surface area contributed by atoms with Crippen molar-refractivity contribution in [3.63, 3.8) is 0 Å². The molecule has 2 amide bonds. The maximum absolute atomic E-state index is 12.4. The van der Waals surface area contributed by atoms with Crippen LogP contribution in [-0.4, -0.2) is 94.5 Å². The van der Waals surface area contributed by atoms with Gasteiger partial charge in [-0.05, 0) is 44.2 Å². The van der Waals surface area contributed by atoms with Gasteiger partial charge in [-0.2, -0.15) is 0 Å². The lowest BCUT2D eigenvalue weighted by Gasteiger charge is -2.37. The summed E-state index contributed by atoms with van der Waals surface area (Å²) >= 11 is 0. The number of amides is 2. The van der Waals surface area contributed by atoms with Gasteiger partial charge in [0, 0.05) is 76.9 Å². The zero-order valence-electron chi connectivity index (χ0n) is 17.0. The van der Waals surface area contributed by atoms with Crippen LogP contribution in [0.2, 0.25) is 0 Å². The molecule has 1 aromatic rings. The van der Waals surface area contributed by atoms with E-state index in [9.17, 15) is 4.79 Å². The minimum atomic E-state index is 0.0422. The summed E-state index contributed by atoms with van der Waals surface area (Å²) in [7, 11) is 2.18. The maximum atomic E-state index is 12.4. The summed E-state index contributed by atoms with van der Waals surface area (Å²) in [5.41, 5.74) is 2.56. The Morgan fingerprint density at radius 2 is 1.54 bits per heavy atom. The maximum Gasteiger partial charge on any atom is 0.317 e. The van der Waals surface area contributed by atoms with Gasteiger partial charge in [-0.15, -0.1) is 0 Å². The lowest BCUT2D eigenvalue weighted by molar-refractivity contribution is 0.108. The van der Waals surface area contributed by atoms with E-state index in [4.69, 9.17) is 4.74 Å². The van der Waals surface area contributed by atoms with E-state index in [0.29, 0.717) is 6.54 Å². The predicted octanol–water partition coefficient (Wildman–Crippen LogP) is 1.45. The summed E-state index contributed by atoms with van der Waals surface area (Å²) in [6.07, 6.45) is 2.36. The molecule has 0 bridgehead atoms. The van der Waals surface area contributed by atoms with Crippen LogP contribution in [0.5, 0.6) is 0 Å². The molecular weight excluding hydrogens is 354 g/mol. The van der Waals surface area contributed by atoms with Gasteiger partial charge in [0.2, 0.25) is 0 Å². The summed E-state index contributed by atoms with van der Waals surface area (Å²) in [5.74, 6) is 0. The Morgan fingerprint density at radius 1 is 0.964 bits per heavy atom. The fraction of sp³-hybridized carbons (Fsp3) is 0.667. The van der Waals surface area contributed by atoms with Crippen molar-refractivity contribution in [1.29, 1.82) is 0 Å². The van der Waals surface area contributed by atoms with Gasteiger partial charge < -0.3 is 29.7 Å². The van der Waals surface area contributed by atoms with Crippen LogP contribution in [0.25, 0.3) is 0 Å². The van der Waals surface area contributed by atoms with E-state index >= 15 is 0 Å². The van der Waals surface area contributed by atoms with E-state index < -0.39 is 0 Å². The highest BCUT2D eigenvalue weighted by atomic mass is 16.5. The number of rotatable bonds is 4. The molecule has 0 saturated carbocycles. The van der Waals surface area contributed by atoms with Gasteiger partial charge >= 0.3 is 6.03 Å². The highest BCUT2D eigenvalue weighted by Gasteiger charge is 2.23. The van der Waals surface area contributed by atoms with Crippen molar-refractivity contribution in [3.05, 3.63) is 24.3 Å². The van der Waals surface area contributed by atoms with Crippen LogP contribution >= 0.6 is 0 Å². The monoisotopic (exact) mass is 387 g/mol. The Kier molecular flexibility index (Phi) is 6.22. The van der Waals surface area contributed by atoms with Crippen molar-refractivity contribution < 1.29 is 9.53 Å². The van der Waals surface area contributed by atoms with Crippen LogP contribution in [0.3, 0.4) is 0 Å². The number of hydrogen-bond donors (Lipinski definition) is 1. The van der Waals surface area contributed by atoms with Gasteiger partial charge in [-0.3, -0.25) is 0 Å². The third-order valence-corrected chi connectivity index (χ3v) is 6.16. The van der Waals surface area contributed by atoms with Crippen molar-refractivity contribution in [3.8, 4) is 0 Å². The van der Waals surface area contributed by atoms with Crippen LogP contribution in [0.4, 0.5) is 16.2 Å². The minimum Gasteiger partial charge on any atom is -0.376 e. The average molecular weight is 388 g/mol. The van der Waals surface area contributed by atoms with Gasteiger partial charge in [-0.25, -0.2) is 4.79 Å². The number of carbonyl (C=O) groups is 1. The molecule has 28 heavy (non-hydrogen) atoms. The summed E-state index contributed by atoms with van der Waals surface area (Å²) in [6, 6.07) is 8.96. The van der Waals surface area contributed by atoms with E-state index in [1.54, 1.807) is 0 Å². The van der Waals surface area contributed by atoms with Crippen molar-refractivity contribution >= 4 is 17.4 Å². The minimum absolute atomic E-state index is 0.0422. The molecule has 7 heteroatoms. The lowest BCUT2D eigenvalue weighted by Crippen LogP contribution is -2.52. The van der Waals surface area contributed by atoms with Crippen LogP contribution in [-0.2, 0) is 4.74 Å². The zero-order chi connectivity index (χ0) is 19.3. The molecule has 3 fully saturated rings. The number of benzene rings is 1. The molecule has 3 aliphatic heterocycles. The molecular formula is C21H33N5O2. The van der Waals surface area contributed by atoms with E-state index in [0.717, 1.165) is 71.8 Å². The summed E-state index contributed by atoms with van der Waals surface area (Å²) in [5, 5.41) is 3.03. The van der Waals surface area contributed by atoms with Gasteiger partial charge in [0.1, 0.15) is 0 Å². The van der Waals surface area contributed by atoms with Gasteiger partial charge in [-0.1, -0.05) is 0 Å². The molecule has 154 valence electrons. The number of hydrogen-bond acceptors (Lipinski definition) is 5. The number of urea groups is 1. The Bertz CT molecular complexity index is 631. The summed E-state index contributed by atoms with van der Waals surface area (Å²) < 4.78 is 5.58. The lowest BCUT2D eigenvalue weighted by atomic mass is 10.2. The number of likely N-dealkylation sites (N-methyl/N-ethyl adjacent to an activating group) is 1. The Hall–Kier alpha value is -1.99. The molecule has 4 rings (SSSR count). The van der Waals surface area contributed by atoms with Crippen molar-refractivity contribution in [2.24, 2.45) is 0 Å². The van der Waals surface area contributed by atoms with E-state index in [1.807, 2.05) is 4.90 Å². The second-order valence-corrected chi connectivity index (χ2v) is 8.10. The molecule has 0 radical (unpaired) electrons. The smallest absolute Gasteiger partial charge is 0.317 e. The summed E-state index contributed by atoms with van der Waals surface area (Å²) in [4.78, 5) is 21.5. The van der Waals surface area contributed by atoms with Gasteiger partial charge in [0.25, 0.3) is 0 Å². The number of nitrogens with one attached hydrogen (secondary N) is 1.